The second kappa shape index (κ2) is 19.2. The van der Waals surface area contributed by atoms with E-state index in [4.69, 9.17) is 18.9 Å². The third kappa shape index (κ3) is 9.53. The second-order valence-electron chi connectivity index (χ2n) is 15.4. The molecule has 0 aliphatic carbocycles. The zero-order valence-corrected chi connectivity index (χ0v) is 37.6. The van der Waals surface area contributed by atoms with Gasteiger partial charge in [0.25, 0.3) is 0 Å². The van der Waals surface area contributed by atoms with Gasteiger partial charge < -0.3 is 38.6 Å². The van der Waals surface area contributed by atoms with Crippen LogP contribution in [0.4, 0.5) is 35.0 Å². The van der Waals surface area contributed by atoms with Crippen molar-refractivity contribution in [2.24, 2.45) is 0 Å². The van der Waals surface area contributed by atoms with Crippen LogP contribution in [-0.2, 0) is 37.0 Å². The number of hydrogen-bond donors (Lipinski definition) is 1. The number of hydrogen-bond acceptors (Lipinski definition) is 14. The van der Waals surface area contributed by atoms with Gasteiger partial charge in [0.05, 0.1) is 45.2 Å². The minimum atomic E-state index is -4.99. The van der Waals surface area contributed by atoms with Crippen LogP contribution in [0.3, 0.4) is 0 Å². The van der Waals surface area contributed by atoms with Gasteiger partial charge in [-0.1, -0.05) is 36.4 Å². The molecule has 19 heteroatoms. The van der Waals surface area contributed by atoms with Gasteiger partial charge in [0, 0.05) is 48.1 Å². The SMILES string of the molecule is COc1ccc(CNc2ncncc2[C@@H](C)N2CCOc3nc(-c4cc(N(Cc5ccc(OC)cc5)Cc5ccc(OC)cc5)nc(C)c4C(F)(F)F)c(F)c4nc([S+](C)[O-])nc2c34)cc1. The molecule has 8 rings (SSSR count). The highest BCUT2D eigenvalue weighted by Gasteiger charge is 2.40. The van der Waals surface area contributed by atoms with Crippen LogP contribution >= 0.6 is 0 Å². The lowest BCUT2D eigenvalue weighted by Crippen LogP contribution is -2.32. The molecule has 0 saturated heterocycles. The maximum absolute atomic E-state index is 17.6. The minimum Gasteiger partial charge on any atom is -0.609 e. The molecule has 1 aliphatic rings. The van der Waals surface area contributed by atoms with E-state index in [-0.39, 0.29) is 54.3 Å². The van der Waals surface area contributed by atoms with Gasteiger partial charge in [0.1, 0.15) is 64.7 Å². The highest BCUT2D eigenvalue weighted by atomic mass is 32.2. The number of halogens is 4. The molecule has 2 atom stereocenters. The Morgan fingerprint density at radius 3 is 2.02 bits per heavy atom. The van der Waals surface area contributed by atoms with Crippen LogP contribution in [0.2, 0.25) is 0 Å². The zero-order chi connectivity index (χ0) is 46.7. The number of aryl methyl sites for hydroxylation is 1. The van der Waals surface area contributed by atoms with E-state index < -0.39 is 57.2 Å². The topological polar surface area (TPSA) is 156 Å². The lowest BCUT2D eigenvalue weighted by atomic mass is 10.0. The Labute approximate surface area is 381 Å². The summed E-state index contributed by atoms with van der Waals surface area (Å²) in [5, 5.41) is 3.12. The van der Waals surface area contributed by atoms with Gasteiger partial charge in [-0.05, 0) is 73.0 Å². The molecule has 3 aromatic carbocycles. The smallest absolute Gasteiger partial charge is 0.418 e. The van der Waals surface area contributed by atoms with E-state index in [1.807, 2.05) is 55.5 Å². The molecule has 1 aliphatic heterocycles. The van der Waals surface area contributed by atoms with Crippen molar-refractivity contribution in [3.8, 4) is 34.4 Å². The number of rotatable bonds is 15. The maximum Gasteiger partial charge on any atom is 0.418 e. The number of ether oxygens (including phenoxy) is 4. The monoisotopic (exact) mass is 923 g/mol. The molecule has 1 unspecified atom stereocenters. The van der Waals surface area contributed by atoms with Gasteiger partial charge in [0.2, 0.25) is 5.88 Å². The molecule has 7 aromatic rings. The summed E-state index contributed by atoms with van der Waals surface area (Å²) in [6.45, 7) is 4.04. The molecule has 1 N–H and O–H groups in total. The van der Waals surface area contributed by atoms with Crippen molar-refractivity contribution >= 4 is 39.5 Å². The minimum absolute atomic E-state index is 0.000380. The first-order valence-electron chi connectivity index (χ1n) is 20.7. The van der Waals surface area contributed by atoms with E-state index in [0.29, 0.717) is 29.4 Å². The van der Waals surface area contributed by atoms with E-state index in [2.05, 4.69) is 35.2 Å². The van der Waals surface area contributed by atoms with E-state index in [1.54, 1.807) is 61.6 Å². The fourth-order valence-electron chi connectivity index (χ4n) is 7.82. The predicted octanol–water partition coefficient (Wildman–Crippen LogP) is 8.89. The molecule has 0 fully saturated rings. The van der Waals surface area contributed by atoms with Crippen molar-refractivity contribution in [3.05, 3.63) is 131 Å². The van der Waals surface area contributed by atoms with Crippen molar-refractivity contribution in [3.63, 3.8) is 0 Å². The number of pyridine rings is 2. The zero-order valence-electron chi connectivity index (χ0n) is 36.8. The van der Waals surface area contributed by atoms with Gasteiger partial charge in [-0.3, -0.25) is 0 Å². The Morgan fingerprint density at radius 2 is 1.45 bits per heavy atom. The fraction of sp³-hybridized carbons (Fsp3) is 0.277. The average Bonchev–Trinajstić information content (AvgIpc) is 3.51. The van der Waals surface area contributed by atoms with Crippen molar-refractivity contribution in [1.29, 1.82) is 0 Å². The summed E-state index contributed by atoms with van der Waals surface area (Å²) >= 11 is -1.86. The first-order chi connectivity index (χ1) is 31.8. The molecule has 0 amide bonds. The molecule has 4 aromatic heterocycles. The standard InChI is InChI=1S/C47H45F4N9O5S/c1-27-39(47(49,50)51)35(21-37(55-27)59(24-30-9-15-33(63-4)16-10-30)25-31-11-17-34(64-5)18-12-31)41-40(48)42-38-44(58-46(57-42)66(6)61)60(19-20-65-45(38)56-41)28(2)36-23-52-26-54-43(36)53-22-29-7-13-32(62-3)14-8-29/h7-18,21,23,26,28H,19-20,22,24-25H2,1-6H3,(H,52,53,54)/t28-,66?/m1/s1. The second-order valence-corrected chi connectivity index (χ2v) is 16.6. The van der Waals surface area contributed by atoms with E-state index in [9.17, 15) is 4.55 Å². The number of methoxy groups -OCH3 is 3. The third-order valence-electron chi connectivity index (χ3n) is 11.2. The molecule has 66 heavy (non-hydrogen) atoms. The lowest BCUT2D eigenvalue weighted by Gasteiger charge is -2.30. The van der Waals surface area contributed by atoms with Crippen molar-refractivity contribution in [2.75, 3.05) is 55.9 Å². The number of anilines is 3. The molecule has 14 nitrogen and oxygen atoms in total. The van der Waals surface area contributed by atoms with Gasteiger partial charge in [-0.2, -0.15) is 23.1 Å². The molecule has 5 heterocycles. The summed E-state index contributed by atoms with van der Waals surface area (Å²) in [5.74, 6) is 1.35. The Morgan fingerprint density at radius 1 is 0.864 bits per heavy atom. The van der Waals surface area contributed by atoms with Gasteiger partial charge >= 0.3 is 11.3 Å². The van der Waals surface area contributed by atoms with Crippen LogP contribution in [-0.4, -0.2) is 75.2 Å². The number of alkyl halides is 3. The molecule has 0 bridgehead atoms. The van der Waals surface area contributed by atoms with Crippen LogP contribution in [0.15, 0.2) is 96.5 Å². The van der Waals surface area contributed by atoms with Crippen molar-refractivity contribution < 1.29 is 41.1 Å². The Bertz CT molecular complexity index is 2790. The van der Waals surface area contributed by atoms with Gasteiger partial charge in [0.15, 0.2) is 11.6 Å². The van der Waals surface area contributed by atoms with E-state index in [1.165, 1.54) is 25.6 Å². The molecule has 0 saturated carbocycles. The molecular weight excluding hydrogens is 879 g/mol. The van der Waals surface area contributed by atoms with Crippen LogP contribution in [0.1, 0.15) is 46.5 Å². The Hall–Kier alpha value is -6.99. The number of nitrogens with one attached hydrogen (secondary N) is 1. The maximum atomic E-state index is 17.6. The third-order valence-corrected chi connectivity index (χ3v) is 11.9. The van der Waals surface area contributed by atoms with Crippen LogP contribution in [0, 0.1) is 12.7 Å². The summed E-state index contributed by atoms with van der Waals surface area (Å²) in [4.78, 5) is 30.4. The Kier molecular flexibility index (Phi) is 13.3. The predicted molar refractivity (Wildman–Crippen MR) is 242 cm³/mol. The molecular formula is C47H45F4N9O5S. The fourth-order valence-corrected chi connectivity index (χ4v) is 8.26. The summed E-state index contributed by atoms with van der Waals surface area (Å²) in [5.41, 5.74) is -0.0427. The number of aromatic nitrogens is 6. The first-order valence-corrected chi connectivity index (χ1v) is 22.2. The van der Waals surface area contributed by atoms with Crippen LogP contribution in [0.25, 0.3) is 22.2 Å². The summed E-state index contributed by atoms with van der Waals surface area (Å²) in [6.07, 6.45) is -0.596. The largest absolute Gasteiger partial charge is 0.609 e. The number of benzene rings is 3. The Balaban J connectivity index is 1.25. The van der Waals surface area contributed by atoms with Crippen molar-refractivity contribution in [1.82, 2.24) is 29.9 Å². The van der Waals surface area contributed by atoms with E-state index in [0.717, 1.165) is 22.4 Å². The highest BCUT2D eigenvalue weighted by Crippen LogP contribution is 2.46. The van der Waals surface area contributed by atoms with Crippen molar-refractivity contribution in [2.45, 2.75) is 50.9 Å². The molecule has 0 radical (unpaired) electrons. The molecule has 0 spiro atoms. The quantitative estimate of drug-likeness (QED) is 0.0591. The van der Waals surface area contributed by atoms with Crippen LogP contribution < -0.4 is 34.1 Å². The highest BCUT2D eigenvalue weighted by molar-refractivity contribution is 7.90. The van der Waals surface area contributed by atoms with E-state index >= 15 is 17.6 Å². The lowest BCUT2D eigenvalue weighted by molar-refractivity contribution is -0.137. The normalized spacial score (nSPS) is 13.4. The van der Waals surface area contributed by atoms with Gasteiger partial charge in [-0.15, -0.1) is 0 Å². The summed E-state index contributed by atoms with van der Waals surface area (Å²) in [6, 6.07) is 22.7. The van der Waals surface area contributed by atoms with Crippen LogP contribution in [0.5, 0.6) is 23.1 Å². The van der Waals surface area contributed by atoms with Gasteiger partial charge in [-0.25, -0.2) is 24.3 Å². The number of nitrogens with zero attached hydrogens (tertiary/aromatic N) is 8. The first kappa shape index (κ1) is 45.6. The molecule has 342 valence electrons. The summed E-state index contributed by atoms with van der Waals surface area (Å²) < 4.78 is 98.7. The summed E-state index contributed by atoms with van der Waals surface area (Å²) in [7, 11) is 4.69. The average molecular weight is 924 g/mol.